The SMILES string of the molecule is Cc1nc(OCCNC(=O)C2(c3ccccc3)CCOCC2)cc(N2CCOCC2)n1. The van der Waals surface area contributed by atoms with Crippen LogP contribution in [0.4, 0.5) is 5.82 Å². The van der Waals surface area contributed by atoms with Crippen LogP contribution in [0.25, 0.3) is 0 Å². The molecule has 0 saturated carbocycles. The summed E-state index contributed by atoms with van der Waals surface area (Å²) in [6, 6.07) is 11.8. The van der Waals surface area contributed by atoms with E-state index in [1.54, 1.807) is 0 Å². The van der Waals surface area contributed by atoms with Gasteiger partial charge in [0.1, 0.15) is 18.2 Å². The van der Waals surface area contributed by atoms with Crippen LogP contribution in [-0.2, 0) is 19.7 Å². The first-order valence-corrected chi connectivity index (χ1v) is 10.9. The maximum Gasteiger partial charge on any atom is 0.230 e. The Balaban J connectivity index is 1.35. The van der Waals surface area contributed by atoms with Crippen molar-refractivity contribution in [2.75, 3.05) is 57.6 Å². The average Bonchev–Trinajstić information content (AvgIpc) is 2.83. The van der Waals surface area contributed by atoms with E-state index in [4.69, 9.17) is 14.2 Å². The van der Waals surface area contributed by atoms with E-state index in [1.165, 1.54) is 0 Å². The molecule has 0 bridgehead atoms. The molecule has 166 valence electrons. The number of carbonyl (C=O) groups is 1. The van der Waals surface area contributed by atoms with Gasteiger partial charge in [0.25, 0.3) is 0 Å². The lowest BCUT2D eigenvalue weighted by Crippen LogP contribution is -2.48. The second kappa shape index (κ2) is 10.1. The van der Waals surface area contributed by atoms with Gasteiger partial charge in [-0.1, -0.05) is 30.3 Å². The van der Waals surface area contributed by atoms with Crippen molar-refractivity contribution in [3.05, 3.63) is 47.8 Å². The van der Waals surface area contributed by atoms with E-state index < -0.39 is 5.41 Å². The molecule has 2 aromatic rings. The van der Waals surface area contributed by atoms with Gasteiger partial charge in [-0.05, 0) is 25.3 Å². The van der Waals surface area contributed by atoms with Crippen LogP contribution in [0.3, 0.4) is 0 Å². The number of hydrogen-bond acceptors (Lipinski definition) is 7. The summed E-state index contributed by atoms with van der Waals surface area (Å²) in [4.78, 5) is 24.2. The number of aromatic nitrogens is 2. The van der Waals surface area contributed by atoms with E-state index >= 15 is 0 Å². The highest BCUT2D eigenvalue weighted by atomic mass is 16.5. The zero-order valence-corrected chi connectivity index (χ0v) is 18.0. The average molecular weight is 427 g/mol. The predicted molar refractivity (Wildman–Crippen MR) is 116 cm³/mol. The summed E-state index contributed by atoms with van der Waals surface area (Å²) in [5.74, 6) is 2.05. The van der Waals surface area contributed by atoms with E-state index in [0.717, 1.165) is 24.5 Å². The number of morpholine rings is 1. The van der Waals surface area contributed by atoms with Crippen LogP contribution in [0.2, 0.25) is 0 Å². The Morgan fingerprint density at radius 2 is 1.81 bits per heavy atom. The molecular weight excluding hydrogens is 396 g/mol. The number of ether oxygens (including phenoxy) is 3. The number of benzene rings is 1. The second-order valence-electron chi connectivity index (χ2n) is 7.88. The molecular formula is C23H30N4O4. The third-order valence-corrected chi connectivity index (χ3v) is 5.88. The fourth-order valence-electron chi connectivity index (χ4n) is 4.17. The van der Waals surface area contributed by atoms with Crippen molar-refractivity contribution in [1.29, 1.82) is 0 Å². The summed E-state index contributed by atoms with van der Waals surface area (Å²) >= 11 is 0. The quantitative estimate of drug-likeness (QED) is 0.677. The van der Waals surface area contributed by atoms with E-state index in [2.05, 4.69) is 20.2 Å². The molecule has 2 fully saturated rings. The zero-order chi connectivity index (χ0) is 21.5. The molecule has 0 radical (unpaired) electrons. The molecule has 1 N–H and O–H groups in total. The van der Waals surface area contributed by atoms with Crippen LogP contribution >= 0.6 is 0 Å². The Bertz CT molecular complexity index is 865. The number of anilines is 1. The van der Waals surface area contributed by atoms with Crippen molar-refractivity contribution >= 4 is 11.7 Å². The third kappa shape index (κ3) is 5.14. The first-order chi connectivity index (χ1) is 15.2. The Hall–Kier alpha value is -2.71. The summed E-state index contributed by atoms with van der Waals surface area (Å²) in [5.41, 5.74) is 0.493. The Morgan fingerprint density at radius 1 is 1.10 bits per heavy atom. The number of amides is 1. The number of hydrogen-bond donors (Lipinski definition) is 1. The van der Waals surface area contributed by atoms with E-state index in [9.17, 15) is 4.79 Å². The molecule has 4 rings (SSSR count). The van der Waals surface area contributed by atoms with Gasteiger partial charge >= 0.3 is 0 Å². The molecule has 31 heavy (non-hydrogen) atoms. The van der Waals surface area contributed by atoms with E-state index in [-0.39, 0.29) is 5.91 Å². The summed E-state index contributed by atoms with van der Waals surface area (Å²) in [7, 11) is 0. The van der Waals surface area contributed by atoms with Gasteiger partial charge in [-0.15, -0.1) is 0 Å². The monoisotopic (exact) mass is 426 g/mol. The van der Waals surface area contributed by atoms with Crippen LogP contribution in [0.1, 0.15) is 24.2 Å². The molecule has 2 aliphatic heterocycles. The maximum atomic E-state index is 13.2. The van der Waals surface area contributed by atoms with Crippen LogP contribution in [0.15, 0.2) is 36.4 Å². The number of nitrogens with zero attached hydrogens (tertiary/aromatic N) is 3. The zero-order valence-electron chi connectivity index (χ0n) is 18.0. The molecule has 0 spiro atoms. The summed E-state index contributed by atoms with van der Waals surface area (Å²) in [6.07, 6.45) is 1.36. The standard InChI is InChI=1S/C23H30N4O4/c1-18-25-20(27-10-15-30-16-11-27)17-21(26-18)31-14-9-24-22(28)23(7-12-29-13-8-23)19-5-3-2-4-6-19/h2-6,17H,7-16H2,1H3,(H,24,28). The lowest BCUT2D eigenvalue weighted by molar-refractivity contribution is -0.130. The molecule has 8 heteroatoms. The number of aryl methyl sites for hydroxylation is 1. The minimum Gasteiger partial charge on any atom is -0.476 e. The van der Waals surface area contributed by atoms with Gasteiger partial charge in [-0.25, -0.2) is 4.98 Å². The Kier molecular flexibility index (Phi) is 6.99. The van der Waals surface area contributed by atoms with E-state index in [0.29, 0.717) is 64.1 Å². The van der Waals surface area contributed by atoms with Gasteiger partial charge < -0.3 is 24.4 Å². The lowest BCUT2D eigenvalue weighted by Gasteiger charge is -2.36. The molecule has 2 saturated heterocycles. The first kappa shape index (κ1) is 21.5. The molecule has 1 amide bonds. The Morgan fingerprint density at radius 3 is 2.55 bits per heavy atom. The van der Waals surface area contributed by atoms with Crippen LogP contribution < -0.4 is 15.0 Å². The Labute approximate surface area is 182 Å². The normalized spacial score (nSPS) is 18.4. The molecule has 0 atom stereocenters. The van der Waals surface area contributed by atoms with Gasteiger partial charge in [-0.3, -0.25) is 4.79 Å². The number of nitrogens with one attached hydrogen (secondary N) is 1. The van der Waals surface area contributed by atoms with Crippen LogP contribution in [-0.4, -0.2) is 68.5 Å². The van der Waals surface area contributed by atoms with Crippen molar-refractivity contribution in [3.63, 3.8) is 0 Å². The molecule has 8 nitrogen and oxygen atoms in total. The van der Waals surface area contributed by atoms with Gasteiger partial charge in [0.2, 0.25) is 11.8 Å². The predicted octanol–water partition coefficient (Wildman–Crippen LogP) is 1.87. The lowest BCUT2D eigenvalue weighted by atomic mass is 9.73. The number of rotatable bonds is 7. The molecule has 1 aromatic carbocycles. The smallest absolute Gasteiger partial charge is 0.230 e. The highest BCUT2D eigenvalue weighted by molar-refractivity contribution is 5.88. The highest BCUT2D eigenvalue weighted by Gasteiger charge is 2.41. The maximum absolute atomic E-state index is 13.2. The molecule has 3 heterocycles. The van der Waals surface area contributed by atoms with E-state index in [1.807, 2.05) is 43.3 Å². The fourth-order valence-corrected chi connectivity index (χ4v) is 4.17. The second-order valence-corrected chi connectivity index (χ2v) is 7.88. The van der Waals surface area contributed by atoms with Crippen molar-refractivity contribution in [2.45, 2.75) is 25.2 Å². The summed E-state index contributed by atoms with van der Waals surface area (Å²) in [5, 5.41) is 3.06. The van der Waals surface area contributed by atoms with Gasteiger partial charge in [0, 0.05) is 32.4 Å². The fraction of sp³-hybridized carbons (Fsp3) is 0.522. The largest absolute Gasteiger partial charge is 0.476 e. The van der Waals surface area contributed by atoms with Crippen LogP contribution in [0.5, 0.6) is 5.88 Å². The molecule has 0 unspecified atom stereocenters. The van der Waals surface area contributed by atoms with Crippen molar-refractivity contribution in [2.24, 2.45) is 0 Å². The molecule has 2 aliphatic rings. The van der Waals surface area contributed by atoms with Gasteiger partial charge in [-0.2, -0.15) is 4.98 Å². The topological polar surface area (TPSA) is 85.8 Å². The van der Waals surface area contributed by atoms with Crippen molar-refractivity contribution in [1.82, 2.24) is 15.3 Å². The van der Waals surface area contributed by atoms with Crippen LogP contribution in [0, 0.1) is 6.92 Å². The summed E-state index contributed by atoms with van der Waals surface area (Å²) < 4.78 is 16.8. The highest BCUT2D eigenvalue weighted by Crippen LogP contribution is 2.35. The molecule has 0 aliphatic carbocycles. The minimum atomic E-state index is -0.547. The molecule has 1 aromatic heterocycles. The number of carbonyl (C=O) groups excluding carboxylic acids is 1. The third-order valence-electron chi connectivity index (χ3n) is 5.88. The van der Waals surface area contributed by atoms with Gasteiger partial charge in [0.15, 0.2) is 0 Å². The minimum absolute atomic E-state index is 0.0264. The van der Waals surface area contributed by atoms with Crippen molar-refractivity contribution in [3.8, 4) is 5.88 Å². The van der Waals surface area contributed by atoms with Crippen molar-refractivity contribution < 1.29 is 19.0 Å². The first-order valence-electron chi connectivity index (χ1n) is 10.9. The van der Waals surface area contributed by atoms with Gasteiger partial charge in [0.05, 0.1) is 25.2 Å². The summed E-state index contributed by atoms with van der Waals surface area (Å²) in [6.45, 7) is 6.77.